The number of hydrogen-bond donors (Lipinski definition) is 0. The van der Waals surface area contributed by atoms with Gasteiger partial charge >= 0.3 is 0 Å². The second kappa shape index (κ2) is 8.97. The van der Waals surface area contributed by atoms with Crippen molar-refractivity contribution in [2.45, 2.75) is 78.6 Å². The summed E-state index contributed by atoms with van der Waals surface area (Å²) in [7, 11) is 0. The molecule has 1 aromatic rings. The quantitative estimate of drug-likeness (QED) is 0.279. The number of hydrogen-bond acceptors (Lipinski definition) is 0. The van der Waals surface area contributed by atoms with E-state index in [0.717, 1.165) is 0 Å². The van der Waals surface area contributed by atoms with Crippen molar-refractivity contribution in [2.75, 3.05) is 0 Å². The normalized spacial score (nSPS) is 11.9. The Hall–Kier alpha value is 1.32. The first-order valence-corrected chi connectivity index (χ1v) is 6.90. The van der Waals surface area contributed by atoms with Crippen molar-refractivity contribution in [1.82, 2.24) is 0 Å². The van der Waals surface area contributed by atoms with Gasteiger partial charge in [0.05, 0.1) is 0 Å². The first kappa shape index (κ1) is 27.2. The zero-order chi connectivity index (χ0) is 14.4. The molecule has 0 saturated heterocycles. The van der Waals surface area contributed by atoms with E-state index in [4.69, 9.17) is 0 Å². The molecule has 3 heteroatoms. The van der Waals surface area contributed by atoms with Crippen molar-refractivity contribution >= 4 is 19.8 Å². The van der Waals surface area contributed by atoms with Gasteiger partial charge in [-0.2, -0.15) is 0 Å². The van der Waals surface area contributed by atoms with Crippen molar-refractivity contribution in [1.29, 1.82) is 0 Å². The minimum absolute atomic E-state index is 0. The number of benzene rings is 1. The van der Waals surface area contributed by atoms with Gasteiger partial charge in [0, 0.05) is 19.8 Å². The van der Waals surface area contributed by atoms with Gasteiger partial charge in [-0.25, -0.2) is 0 Å². The maximum Gasteiger partial charge on any atom is 0 e. The van der Waals surface area contributed by atoms with Gasteiger partial charge in [0.2, 0.25) is 0 Å². The molecule has 0 amide bonds. The van der Waals surface area contributed by atoms with E-state index >= 15 is 0 Å². The van der Waals surface area contributed by atoms with Crippen molar-refractivity contribution in [3.63, 3.8) is 0 Å². The standard InChI is InChI=1S/C18H29.Ga.2HI/c1-16(2,3)13-10-14(17(4,5)6)12-15(11-13)18(7,8)9;;;/h10-11H,1-9H3;;2*1H/p-2. The van der Waals surface area contributed by atoms with Crippen LogP contribution in [0, 0.1) is 6.07 Å². The SMILES string of the molecule is CC(C)(C)c1[c]c(C(C)(C)C)cc(C(C)(C)C)c1.[Ga].[I-].[I-]. The Kier molecular flexibility index (Phi) is 11.6. The van der Waals surface area contributed by atoms with Gasteiger partial charge in [-0.1, -0.05) is 74.4 Å². The van der Waals surface area contributed by atoms with E-state index in [2.05, 4.69) is 80.5 Å². The molecular formula is C18H29GaI2-2. The Morgan fingerprint density at radius 1 is 0.619 bits per heavy atom. The van der Waals surface area contributed by atoms with Crippen LogP contribution in [0.25, 0.3) is 0 Å². The number of rotatable bonds is 0. The molecular weight excluding hydrogens is 540 g/mol. The summed E-state index contributed by atoms with van der Waals surface area (Å²) in [6.07, 6.45) is 0. The topological polar surface area (TPSA) is 0 Å². The molecule has 1 rings (SSSR count). The number of halogens is 2. The van der Waals surface area contributed by atoms with Crippen LogP contribution in [0.1, 0.15) is 79.0 Å². The molecule has 1 aromatic carbocycles. The monoisotopic (exact) mass is 568 g/mol. The Labute approximate surface area is 179 Å². The van der Waals surface area contributed by atoms with Crippen LogP contribution in [-0.4, -0.2) is 19.8 Å². The van der Waals surface area contributed by atoms with Crippen molar-refractivity contribution < 1.29 is 48.0 Å². The molecule has 120 valence electrons. The van der Waals surface area contributed by atoms with Crippen molar-refractivity contribution in [3.05, 3.63) is 34.9 Å². The Bertz CT molecular complexity index is 353. The molecule has 0 N–H and O–H groups in total. The van der Waals surface area contributed by atoms with Gasteiger partial charge in [0.1, 0.15) is 0 Å². The summed E-state index contributed by atoms with van der Waals surface area (Å²) < 4.78 is 0. The molecule has 0 fully saturated rings. The summed E-state index contributed by atoms with van der Waals surface area (Å²) in [5.41, 5.74) is 4.55. The molecule has 0 bridgehead atoms. The third-order valence-electron chi connectivity index (χ3n) is 3.35. The fourth-order valence-electron chi connectivity index (χ4n) is 1.81. The fourth-order valence-corrected chi connectivity index (χ4v) is 1.81. The van der Waals surface area contributed by atoms with Gasteiger partial charge in [-0.05, 0) is 39.0 Å². The van der Waals surface area contributed by atoms with Crippen molar-refractivity contribution in [2.24, 2.45) is 0 Å². The van der Waals surface area contributed by atoms with E-state index < -0.39 is 0 Å². The van der Waals surface area contributed by atoms with E-state index in [1.54, 1.807) is 0 Å². The molecule has 21 heavy (non-hydrogen) atoms. The molecule has 0 nitrogen and oxygen atoms in total. The first-order chi connectivity index (χ1) is 7.82. The molecule has 0 unspecified atom stereocenters. The Morgan fingerprint density at radius 3 is 1.10 bits per heavy atom. The molecule has 0 atom stereocenters. The van der Waals surface area contributed by atoms with Gasteiger partial charge in [-0.15, -0.1) is 0 Å². The van der Waals surface area contributed by atoms with E-state index in [0.29, 0.717) is 0 Å². The zero-order valence-corrected chi connectivity index (χ0v) is 21.7. The van der Waals surface area contributed by atoms with Crippen LogP contribution < -0.4 is 48.0 Å². The predicted molar refractivity (Wildman–Crippen MR) is 87.1 cm³/mol. The third kappa shape index (κ3) is 8.11. The molecule has 0 heterocycles. The Balaban J connectivity index is -0.00000108. The van der Waals surface area contributed by atoms with Crippen LogP contribution in [0.2, 0.25) is 0 Å². The summed E-state index contributed by atoms with van der Waals surface area (Å²) in [4.78, 5) is 0. The summed E-state index contributed by atoms with van der Waals surface area (Å²) in [6.45, 7) is 20.4. The second-order valence-electron chi connectivity index (χ2n) is 8.45. The zero-order valence-electron chi connectivity index (χ0n) is 15.0. The summed E-state index contributed by atoms with van der Waals surface area (Å²) in [5, 5.41) is 0. The van der Waals surface area contributed by atoms with Gasteiger partial charge in [0.15, 0.2) is 0 Å². The van der Waals surface area contributed by atoms with E-state index in [1.165, 1.54) is 16.7 Å². The maximum atomic E-state index is 3.64. The van der Waals surface area contributed by atoms with Crippen LogP contribution in [0.4, 0.5) is 0 Å². The van der Waals surface area contributed by atoms with Gasteiger partial charge in [-0.3, -0.25) is 0 Å². The van der Waals surface area contributed by atoms with Gasteiger partial charge < -0.3 is 48.0 Å². The van der Waals surface area contributed by atoms with Gasteiger partial charge in [0.25, 0.3) is 0 Å². The van der Waals surface area contributed by atoms with Crippen LogP contribution in [-0.2, 0) is 16.2 Å². The van der Waals surface area contributed by atoms with Crippen LogP contribution in [0.3, 0.4) is 0 Å². The minimum atomic E-state index is 0. The molecule has 0 spiro atoms. The molecule has 0 aliphatic rings. The fraction of sp³-hybridized carbons (Fsp3) is 0.667. The summed E-state index contributed by atoms with van der Waals surface area (Å²) in [6, 6.07) is 8.29. The average Bonchev–Trinajstić information content (AvgIpc) is 2.13. The maximum absolute atomic E-state index is 3.64. The third-order valence-corrected chi connectivity index (χ3v) is 3.35. The predicted octanol–water partition coefficient (Wildman–Crippen LogP) is -0.994. The average molecular weight is 569 g/mol. The molecule has 4 radical (unpaired) electrons. The van der Waals surface area contributed by atoms with Crippen LogP contribution in [0.5, 0.6) is 0 Å². The van der Waals surface area contributed by atoms with Crippen molar-refractivity contribution in [3.8, 4) is 0 Å². The molecule has 0 aliphatic carbocycles. The van der Waals surface area contributed by atoms with E-state index in [-0.39, 0.29) is 84.0 Å². The Morgan fingerprint density at radius 2 is 0.905 bits per heavy atom. The summed E-state index contributed by atoms with van der Waals surface area (Å²) >= 11 is 0. The molecule has 0 aliphatic heterocycles. The minimum Gasteiger partial charge on any atom is -1.00 e. The van der Waals surface area contributed by atoms with E-state index in [9.17, 15) is 0 Å². The largest absolute Gasteiger partial charge is 1.00 e. The first-order valence-electron chi connectivity index (χ1n) is 6.90. The molecule has 0 saturated carbocycles. The molecule has 0 aromatic heterocycles. The second-order valence-corrected chi connectivity index (χ2v) is 8.45. The van der Waals surface area contributed by atoms with Crippen LogP contribution in [0.15, 0.2) is 12.1 Å². The summed E-state index contributed by atoms with van der Waals surface area (Å²) in [5.74, 6) is 0. The smallest absolute Gasteiger partial charge is 0 e. The van der Waals surface area contributed by atoms with E-state index in [1.807, 2.05) is 0 Å². The van der Waals surface area contributed by atoms with Crippen LogP contribution >= 0.6 is 0 Å².